The maximum atomic E-state index is 9.05. The Kier molecular flexibility index (Phi) is 2.69. The van der Waals surface area contributed by atoms with Crippen LogP contribution in [-0.2, 0) is 4.74 Å². The van der Waals surface area contributed by atoms with Crippen molar-refractivity contribution >= 4 is 0 Å². The van der Waals surface area contributed by atoms with Crippen LogP contribution >= 0.6 is 0 Å². The first-order chi connectivity index (χ1) is 6.98. The van der Waals surface area contributed by atoms with Crippen LogP contribution in [0.4, 0.5) is 0 Å². The van der Waals surface area contributed by atoms with E-state index in [4.69, 9.17) is 20.5 Å². The monoisotopic (exact) mass is 201 g/mol. The zero-order chi connectivity index (χ0) is 11.6. The molecule has 1 heterocycles. The fourth-order valence-electron chi connectivity index (χ4n) is 1.55. The molecule has 1 rings (SSSR count). The van der Waals surface area contributed by atoms with Crippen LogP contribution in [0.2, 0.25) is 0 Å². The number of nitriles is 3. The fraction of sp³-hybridized carbons (Fsp3) is 0.545. The first-order valence-electron chi connectivity index (χ1n) is 4.59. The lowest BCUT2D eigenvalue weighted by Crippen LogP contribution is -2.26. The van der Waals surface area contributed by atoms with Crippen molar-refractivity contribution in [3.05, 3.63) is 11.3 Å². The summed E-state index contributed by atoms with van der Waals surface area (Å²) in [4.78, 5) is 0. The van der Waals surface area contributed by atoms with Crippen LogP contribution < -0.4 is 0 Å². The third-order valence-electron chi connectivity index (χ3n) is 2.96. The van der Waals surface area contributed by atoms with Gasteiger partial charge in [0.1, 0.15) is 29.9 Å². The van der Waals surface area contributed by atoms with Crippen molar-refractivity contribution in [3.63, 3.8) is 0 Å². The number of allylic oxidation sites excluding steroid dienone is 2. The predicted molar refractivity (Wildman–Crippen MR) is 51.7 cm³/mol. The number of nitrogens with zero attached hydrogens (tertiary/aromatic N) is 3. The molecule has 1 aliphatic heterocycles. The second-order valence-corrected chi connectivity index (χ2v) is 4.11. The minimum atomic E-state index is -0.526. The molecular weight excluding hydrogens is 190 g/mol. The molecule has 0 aromatic carbocycles. The fourth-order valence-corrected chi connectivity index (χ4v) is 1.55. The van der Waals surface area contributed by atoms with Crippen molar-refractivity contribution in [2.75, 3.05) is 0 Å². The molecule has 0 N–H and O–H groups in total. The molecule has 0 saturated carbocycles. The lowest BCUT2D eigenvalue weighted by molar-refractivity contribution is 0.106. The first kappa shape index (κ1) is 11.1. The van der Waals surface area contributed by atoms with Crippen molar-refractivity contribution in [1.29, 1.82) is 15.8 Å². The van der Waals surface area contributed by atoms with E-state index < -0.39 is 5.92 Å². The van der Waals surface area contributed by atoms with Gasteiger partial charge in [0, 0.05) is 5.41 Å². The molecule has 0 bridgehead atoms. The molecule has 0 aromatic rings. The molecule has 0 aromatic heterocycles. The Labute approximate surface area is 89.0 Å². The highest BCUT2D eigenvalue weighted by Gasteiger charge is 2.47. The molecule has 76 valence electrons. The maximum absolute atomic E-state index is 9.05. The molecular formula is C11H11N3O. The summed E-state index contributed by atoms with van der Waals surface area (Å²) >= 11 is 0. The maximum Gasteiger partial charge on any atom is 0.168 e. The van der Waals surface area contributed by atoms with Gasteiger partial charge in [-0.3, -0.25) is 0 Å². The van der Waals surface area contributed by atoms with Gasteiger partial charge in [0.2, 0.25) is 0 Å². The van der Waals surface area contributed by atoms with Crippen molar-refractivity contribution in [2.24, 2.45) is 11.3 Å². The number of hydrogen-bond acceptors (Lipinski definition) is 4. The normalized spacial score (nSPS) is 27.1. The van der Waals surface area contributed by atoms with Gasteiger partial charge in [-0.25, -0.2) is 0 Å². The molecule has 4 heteroatoms. The van der Waals surface area contributed by atoms with E-state index >= 15 is 0 Å². The van der Waals surface area contributed by atoms with Gasteiger partial charge in [-0.1, -0.05) is 13.8 Å². The molecule has 2 unspecified atom stereocenters. The summed E-state index contributed by atoms with van der Waals surface area (Å²) in [7, 11) is 0. The standard InChI is InChI=1S/C11H11N3O/c1-7-11(2,3)9(6-14)10(15-7)8(4-12)5-13/h7,9H,1-3H3. The smallest absolute Gasteiger partial charge is 0.168 e. The zero-order valence-corrected chi connectivity index (χ0v) is 8.90. The van der Waals surface area contributed by atoms with Gasteiger partial charge >= 0.3 is 0 Å². The van der Waals surface area contributed by atoms with E-state index in [1.807, 2.05) is 20.8 Å². The molecule has 1 aliphatic rings. The van der Waals surface area contributed by atoms with Crippen LogP contribution in [0.25, 0.3) is 0 Å². The number of ether oxygens (including phenoxy) is 1. The zero-order valence-electron chi connectivity index (χ0n) is 8.90. The Balaban J connectivity index is 3.31. The number of hydrogen-bond donors (Lipinski definition) is 0. The third kappa shape index (κ3) is 1.53. The first-order valence-corrected chi connectivity index (χ1v) is 4.59. The summed E-state index contributed by atoms with van der Waals surface area (Å²) in [6.45, 7) is 5.62. The van der Waals surface area contributed by atoms with E-state index in [2.05, 4.69) is 6.07 Å². The number of rotatable bonds is 0. The van der Waals surface area contributed by atoms with Crippen LogP contribution in [0.3, 0.4) is 0 Å². The van der Waals surface area contributed by atoms with Gasteiger partial charge in [0.25, 0.3) is 0 Å². The van der Waals surface area contributed by atoms with Crippen molar-refractivity contribution in [1.82, 2.24) is 0 Å². The largest absolute Gasteiger partial charge is 0.491 e. The molecule has 1 saturated heterocycles. The van der Waals surface area contributed by atoms with Crippen molar-refractivity contribution in [2.45, 2.75) is 26.9 Å². The minimum Gasteiger partial charge on any atom is -0.491 e. The summed E-state index contributed by atoms with van der Waals surface area (Å²) < 4.78 is 5.44. The van der Waals surface area contributed by atoms with Gasteiger partial charge in [-0.05, 0) is 6.92 Å². The highest BCUT2D eigenvalue weighted by molar-refractivity contribution is 5.42. The Hall–Kier alpha value is -1.99. The van der Waals surface area contributed by atoms with Crippen molar-refractivity contribution in [3.8, 4) is 18.2 Å². The van der Waals surface area contributed by atoms with Crippen LogP contribution in [0.1, 0.15) is 20.8 Å². The van der Waals surface area contributed by atoms with Gasteiger partial charge in [0.05, 0.1) is 6.07 Å². The van der Waals surface area contributed by atoms with E-state index in [1.165, 1.54) is 0 Å². The average molecular weight is 201 g/mol. The molecule has 0 radical (unpaired) electrons. The lowest BCUT2D eigenvalue weighted by atomic mass is 9.77. The summed E-state index contributed by atoms with van der Waals surface area (Å²) in [5.41, 5.74) is -0.470. The van der Waals surface area contributed by atoms with E-state index in [1.54, 1.807) is 12.1 Å². The molecule has 0 spiro atoms. The van der Waals surface area contributed by atoms with Gasteiger partial charge < -0.3 is 4.74 Å². The molecule has 1 fully saturated rings. The second kappa shape index (κ2) is 3.64. The Morgan fingerprint density at radius 2 is 1.80 bits per heavy atom. The van der Waals surface area contributed by atoms with E-state index in [0.29, 0.717) is 0 Å². The third-order valence-corrected chi connectivity index (χ3v) is 2.96. The van der Waals surface area contributed by atoms with E-state index in [-0.39, 0.29) is 22.9 Å². The summed E-state index contributed by atoms with van der Waals surface area (Å²) in [6, 6.07) is 5.62. The van der Waals surface area contributed by atoms with E-state index in [0.717, 1.165) is 0 Å². The Morgan fingerprint density at radius 1 is 1.27 bits per heavy atom. The van der Waals surface area contributed by atoms with Gasteiger partial charge in [-0.2, -0.15) is 15.8 Å². The highest BCUT2D eigenvalue weighted by atomic mass is 16.5. The average Bonchev–Trinajstić information content (AvgIpc) is 2.40. The van der Waals surface area contributed by atoms with Crippen LogP contribution in [0.15, 0.2) is 11.3 Å². The van der Waals surface area contributed by atoms with Crippen molar-refractivity contribution < 1.29 is 4.74 Å². The highest BCUT2D eigenvalue weighted by Crippen LogP contribution is 2.45. The molecule has 0 aliphatic carbocycles. The quantitative estimate of drug-likeness (QED) is 0.560. The SMILES string of the molecule is CC1OC(=C(C#N)C#N)C(C#N)C1(C)C. The van der Waals surface area contributed by atoms with Gasteiger partial charge in [-0.15, -0.1) is 0 Å². The van der Waals surface area contributed by atoms with E-state index in [9.17, 15) is 0 Å². The Bertz CT molecular complexity index is 412. The molecule has 2 atom stereocenters. The molecule has 15 heavy (non-hydrogen) atoms. The topological polar surface area (TPSA) is 80.6 Å². The molecule has 4 nitrogen and oxygen atoms in total. The van der Waals surface area contributed by atoms with Crippen LogP contribution in [0, 0.1) is 45.3 Å². The lowest BCUT2D eigenvalue weighted by Gasteiger charge is -2.22. The second-order valence-electron chi connectivity index (χ2n) is 4.11. The summed E-state index contributed by atoms with van der Waals surface area (Å²) in [5, 5.41) is 26.5. The summed E-state index contributed by atoms with van der Waals surface area (Å²) in [6.07, 6.45) is -0.172. The summed E-state index contributed by atoms with van der Waals surface area (Å²) in [5.74, 6) is -0.304. The molecule has 0 amide bonds. The predicted octanol–water partition coefficient (Wildman–Crippen LogP) is 1.87. The minimum absolute atomic E-state index is 0.0982. The Morgan fingerprint density at radius 3 is 2.20 bits per heavy atom. The van der Waals surface area contributed by atoms with Crippen LogP contribution in [-0.4, -0.2) is 6.10 Å². The van der Waals surface area contributed by atoms with Gasteiger partial charge in [0.15, 0.2) is 5.57 Å². The van der Waals surface area contributed by atoms with Crippen LogP contribution in [0.5, 0.6) is 0 Å².